The fraction of sp³-hybridized carbons (Fsp3) is 0.222. The third-order valence-electron chi connectivity index (χ3n) is 1.46. The van der Waals surface area contributed by atoms with Crippen molar-refractivity contribution in [1.82, 2.24) is 0 Å². The Morgan fingerprint density at radius 2 is 1.82 bits per heavy atom. The van der Waals surface area contributed by atoms with Crippen molar-refractivity contribution in [2.45, 2.75) is 12.8 Å². The van der Waals surface area contributed by atoms with Gasteiger partial charge in [0.2, 0.25) is 0 Å². The van der Waals surface area contributed by atoms with Crippen molar-refractivity contribution in [2.24, 2.45) is 0 Å². The highest BCUT2D eigenvalue weighted by Crippen LogP contribution is 2.01. The maximum absolute atomic E-state index is 10.1. The highest BCUT2D eigenvalue weighted by atomic mass is 16.4. The SMILES string of the molecule is [O]C(=O)CCc1ccccc1. The first-order valence-electron chi connectivity index (χ1n) is 3.53. The average molecular weight is 149 g/mol. The minimum atomic E-state index is -0.992. The molecule has 57 valence electrons. The van der Waals surface area contributed by atoms with Crippen LogP contribution in [-0.2, 0) is 16.3 Å². The molecule has 0 fully saturated rings. The van der Waals surface area contributed by atoms with Gasteiger partial charge in [-0.1, -0.05) is 30.3 Å². The van der Waals surface area contributed by atoms with Gasteiger partial charge in [0.15, 0.2) is 0 Å². The molecule has 0 amide bonds. The van der Waals surface area contributed by atoms with E-state index in [0.29, 0.717) is 6.42 Å². The van der Waals surface area contributed by atoms with Crippen LogP contribution in [0.3, 0.4) is 0 Å². The molecule has 1 radical (unpaired) electrons. The molecule has 2 nitrogen and oxygen atoms in total. The number of benzene rings is 1. The number of rotatable bonds is 3. The molecule has 0 heterocycles. The van der Waals surface area contributed by atoms with Crippen molar-refractivity contribution in [3.05, 3.63) is 35.9 Å². The van der Waals surface area contributed by atoms with Crippen molar-refractivity contribution >= 4 is 5.97 Å². The highest BCUT2D eigenvalue weighted by Gasteiger charge is 1.99. The lowest BCUT2D eigenvalue weighted by atomic mass is 10.1. The summed E-state index contributed by atoms with van der Waals surface area (Å²) in [5.41, 5.74) is 1.04. The normalized spacial score (nSPS) is 9.45. The van der Waals surface area contributed by atoms with Crippen LogP contribution in [0.25, 0.3) is 0 Å². The van der Waals surface area contributed by atoms with Crippen molar-refractivity contribution in [3.63, 3.8) is 0 Å². The number of aryl methyl sites for hydroxylation is 1. The van der Waals surface area contributed by atoms with Crippen molar-refractivity contribution in [2.75, 3.05) is 0 Å². The lowest BCUT2D eigenvalue weighted by Gasteiger charge is -1.94. The Morgan fingerprint density at radius 3 is 2.36 bits per heavy atom. The number of hydrogen-bond acceptors (Lipinski definition) is 1. The van der Waals surface area contributed by atoms with E-state index in [1.54, 1.807) is 0 Å². The van der Waals surface area contributed by atoms with E-state index in [2.05, 4.69) is 0 Å². The largest absolute Gasteiger partial charge is 0.355 e. The molecule has 0 N–H and O–H groups in total. The zero-order valence-electron chi connectivity index (χ0n) is 6.12. The van der Waals surface area contributed by atoms with E-state index in [0.717, 1.165) is 5.56 Å². The van der Waals surface area contributed by atoms with Gasteiger partial charge in [0, 0.05) is 0 Å². The van der Waals surface area contributed by atoms with Crippen LogP contribution in [0, 0.1) is 0 Å². The summed E-state index contributed by atoms with van der Waals surface area (Å²) >= 11 is 0. The van der Waals surface area contributed by atoms with Crippen LogP contribution in [-0.4, -0.2) is 5.97 Å². The molecule has 0 unspecified atom stereocenters. The molecule has 0 saturated carbocycles. The second-order valence-corrected chi connectivity index (χ2v) is 2.36. The Hall–Kier alpha value is -1.31. The van der Waals surface area contributed by atoms with Crippen molar-refractivity contribution in [1.29, 1.82) is 0 Å². The number of carbonyl (C=O) groups excluding carboxylic acids is 1. The van der Waals surface area contributed by atoms with E-state index in [1.165, 1.54) is 0 Å². The molecule has 1 aromatic carbocycles. The van der Waals surface area contributed by atoms with Gasteiger partial charge >= 0.3 is 5.97 Å². The van der Waals surface area contributed by atoms with Crippen LogP contribution < -0.4 is 0 Å². The van der Waals surface area contributed by atoms with E-state index >= 15 is 0 Å². The third-order valence-corrected chi connectivity index (χ3v) is 1.46. The lowest BCUT2D eigenvalue weighted by molar-refractivity contribution is -0.143. The molecule has 1 aromatic rings. The van der Waals surface area contributed by atoms with Gasteiger partial charge in [-0.05, 0) is 12.0 Å². The zero-order chi connectivity index (χ0) is 8.10. The van der Waals surface area contributed by atoms with E-state index in [4.69, 9.17) is 0 Å². The summed E-state index contributed by atoms with van der Waals surface area (Å²) in [4.78, 5) is 10.1. The van der Waals surface area contributed by atoms with Crippen LogP contribution in [0.15, 0.2) is 30.3 Å². The quantitative estimate of drug-likeness (QED) is 0.642. The molecule has 0 aliphatic carbocycles. The van der Waals surface area contributed by atoms with Crippen LogP contribution in [0.1, 0.15) is 12.0 Å². The Kier molecular flexibility index (Phi) is 2.66. The summed E-state index contributed by atoms with van der Waals surface area (Å²) in [6.07, 6.45) is 0.660. The van der Waals surface area contributed by atoms with Gasteiger partial charge in [0.1, 0.15) is 0 Å². The Morgan fingerprint density at radius 1 is 1.18 bits per heavy atom. The molecule has 0 saturated heterocycles. The Balaban J connectivity index is 2.45. The minimum Gasteiger partial charge on any atom is -0.247 e. The summed E-state index contributed by atoms with van der Waals surface area (Å²) in [6, 6.07) is 9.50. The van der Waals surface area contributed by atoms with Gasteiger partial charge in [-0.15, -0.1) is 0 Å². The maximum Gasteiger partial charge on any atom is 0.355 e. The lowest BCUT2D eigenvalue weighted by Crippen LogP contribution is -1.94. The number of hydrogen-bond donors (Lipinski definition) is 0. The van der Waals surface area contributed by atoms with E-state index in [9.17, 15) is 9.90 Å². The molecule has 0 aliphatic rings. The molecule has 2 heteroatoms. The first-order chi connectivity index (χ1) is 5.29. The zero-order valence-corrected chi connectivity index (χ0v) is 6.12. The van der Waals surface area contributed by atoms with Crippen molar-refractivity contribution in [3.8, 4) is 0 Å². The molecule has 0 aliphatic heterocycles. The van der Waals surface area contributed by atoms with Crippen LogP contribution in [0.2, 0.25) is 0 Å². The minimum absolute atomic E-state index is 0.101. The first-order valence-corrected chi connectivity index (χ1v) is 3.53. The van der Waals surface area contributed by atoms with E-state index in [-0.39, 0.29) is 6.42 Å². The molecule has 11 heavy (non-hydrogen) atoms. The number of carbonyl (C=O) groups is 1. The van der Waals surface area contributed by atoms with Gasteiger partial charge < -0.3 is 0 Å². The van der Waals surface area contributed by atoms with E-state index in [1.807, 2.05) is 30.3 Å². The molecular weight excluding hydrogens is 140 g/mol. The molecule has 0 atom stereocenters. The summed E-state index contributed by atoms with van der Waals surface area (Å²) in [6.45, 7) is 0. The fourth-order valence-electron chi connectivity index (χ4n) is 0.891. The predicted octanol–water partition coefficient (Wildman–Crippen LogP) is 1.58. The van der Waals surface area contributed by atoms with Crippen molar-refractivity contribution < 1.29 is 9.90 Å². The first kappa shape index (κ1) is 7.79. The Labute approximate surface area is 65.5 Å². The second-order valence-electron chi connectivity index (χ2n) is 2.36. The molecule has 1 rings (SSSR count). The third kappa shape index (κ3) is 2.85. The molecule has 0 spiro atoms. The average Bonchev–Trinajstić information content (AvgIpc) is 2.03. The van der Waals surface area contributed by atoms with Crippen LogP contribution in [0.4, 0.5) is 0 Å². The van der Waals surface area contributed by atoms with Gasteiger partial charge in [-0.3, -0.25) is 0 Å². The maximum atomic E-state index is 10.1. The van der Waals surface area contributed by atoms with Gasteiger partial charge in [0.25, 0.3) is 0 Å². The van der Waals surface area contributed by atoms with Crippen LogP contribution in [0.5, 0.6) is 0 Å². The molecular formula is C9H9O2. The summed E-state index contributed by atoms with van der Waals surface area (Å²) in [5.74, 6) is -0.992. The topological polar surface area (TPSA) is 37.0 Å². The Bertz CT molecular complexity index is 229. The standard InChI is InChI=1S/C9H9O2/c10-9(11)7-6-8-4-2-1-3-5-8/h1-5H,6-7H2. The van der Waals surface area contributed by atoms with E-state index < -0.39 is 5.97 Å². The van der Waals surface area contributed by atoms with Gasteiger partial charge in [0.05, 0.1) is 6.42 Å². The predicted molar refractivity (Wildman–Crippen MR) is 40.5 cm³/mol. The highest BCUT2D eigenvalue weighted by molar-refractivity contribution is 5.66. The molecule has 0 bridgehead atoms. The molecule has 0 aromatic heterocycles. The summed E-state index contributed by atoms with van der Waals surface area (Å²) in [5, 5.41) is 10.1. The van der Waals surface area contributed by atoms with Crippen LogP contribution >= 0.6 is 0 Å². The van der Waals surface area contributed by atoms with Gasteiger partial charge in [-0.25, -0.2) is 9.90 Å². The second kappa shape index (κ2) is 3.76. The summed E-state index contributed by atoms with van der Waals surface area (Å²) in [7, 11) is 0. The van der Waals surface area contributed by atoms with Gasteiger partial charge in [-0.2, -0.15) is 0 Å². The monoisotopic (exact) mass is 149 g/mol. The fourth-order valence-corrected chi connectivity index (χ4v) is 0.891. The smallest absolute Gasteiger partial charge is 0.247 e. The summed E-state index contributed by atoms with van der Waals surface area (Å²) < 4.78 is 0.